The molecule has 0 saturated heterocycles. The molecule has 5 heteroatoms. The Labute approximate surface area is 182 Å². The monoisotopic (exact) mass is 466 g/mol. The summed E-state index contributed by atoms with van der Waals surface area (Å²) in [6, 6.07) is 22.8. The predicted molar refractivity (Wildman–Crippen MR) is 118 cm³/mol. The van der Waals surface area contributed by atoms with E-state index in [1.54, 1.807) is 24.3 Å². The lowest BCUT2D eigenvalue weighted by Crippen LogP contribution is -1.97. The highest BCUT2D eigenvalue weighted by atomic mass is 79.9. The number of cyclic esters (lactones) is 1. The van der Waals surface area contributed by atoms with Crippen molar-refractivity contribution in [3.8, 4) is 5.75 Å². The molecule has 0 spiro atoms. The highest BCUT2D eigenvalue weighted by Gasteiger charge is 2.21. The Morgan fingerprint density at radius 1 is 0.931 bits per heavy atom. The maximum atomic E-state index is 12.2. The summed E-state index contributed by atoms with van der Waals surface area (Å²) in [5.74, 6) is 0.916. The molecule has 29 heavy (non-hydrogen) atoms. The zero-order chi connectivity index (χ0) is 20.2. The normalized spacial score (nSPS) is 14.6. The fraction of sp³-hybridized carbons (Fsp3) is 0.0417. The van der Waals surface area contributed by atoms with E-state index >= 15 is 0 Å². The van der Waals surface area contributed by atoms with Crippen LogP contribution in [0.15, 0.2) is 88.9 Å². The van der Waals surface area contributed by atoms with Gasteiger partial charge in [-0.2, -0.15) is 0 Å². The van der Waals surface area contributed by atoms with Crippen LogP contribution in [0.3, 0.4) is 0 Å². The van der Waals surface area contributed by atoms with Gasteiger partial charge in [-0.3, -0.25) is 0 Å². The van der Waals surface area contributed by atoms with Crippen LogP contribution in [-0.2, 0) is 16.1 Å². The van der Waals surface area contributed by atoms with Gasteiger partial charge in [0, 0.05) is 15.1 Å². The molecule has 0 bridgehead atoms. The van der Waals surface area contributed by atoms with Crippen LogP contribution in [0.1, 0.15) is 16.7 Å². The number of ether oxygens (including phenoxy) is 2. The van der Waals surface area contributed by atoms with E-state index in [4.69, 9.17) is 21.1 Å². The van der Waals surface area contributed by atoms with Gasteiger partial charge in [0.2, 0.25) is 0 Å². The van der Waals surface area contributed by atoms with Gasteiger partial charge < -0.3 is 9.47 Å². The molecule has 0 fully saturated rings. The largest absolute Gasteiger partial charge is 0.489 e. The lowest BCUT2D eigenvalue weighted by molar-refractivity contribution is -0.130. The lowest BCUT2D eigenvalue weighted by Gasteiger charge is -2.06. The summed E-state index contributed by atoms with van der Waals surface area (Å²) in [5, 5.41) is 0.636. The number of benzene rings is 3. The molecule has 0 aliphatic carbocycles. The Morgan fingerprint density at radius 2 is 1.62 bits per heavy atom. The van der Waals surface area contributed by atoms with Gasteiger partial charge in [-0.05, 0) is 71.8 Å². The van der Waals surface area contributed by atoms with Gasteiger partial charge >= 0.3 is 5.97 Å². The van der Waals surface area contributed by atoms with Gasteiger partial charge in [0.25, 0.3) is 0 Å². The quantitative estimate of drug-likeness (QED) is 0.311. The number of esters is 1. The average molecular weight is 468 g/mol. The number of rotatable bonds is 5. The van der Waals surface area contributed by atoms with Crippen molar-refractivity contribution < 1.29 is 14.3 Å². The van der Waals surface area contributed by atoms with Crippen LogP contribution in [0.2, 0.25) is 5.02 Å². The first-order valence-corrected chi connectivity index (χ1v) is 10.1. The van der Waals surface area contributed by atoms with E-state index in [1.807, 2.05) is 60.7 Å². The van der Waals surface area contributed by atoms with Crippen molar-refractivity contribution in [2.24, 2.45) is 0 Å². The maximum Gasteiger partial charge on any atom is 0.343 e. The molecule has 0 aromatic heterocycles. The first kappa shape index (κ1) is 19.5. The summed E-state index contributed by atoms with van der Waals surface area (Å²) in [5.41, 5.74) is 3.29. The van der Waals surface area contributed by atoms with Crippen molar-refractivity contribution >= 4 is 45.3 Å². The minimum atomic E-state index is -0.370. The second-order valence-corrected chi connectivity index (χ2v) is 7.84. The third kappa shape index (κ3) is 4.97. The molecule has 1 aliphatic rings. The number of hydrogen-bond donors (Lipinski definition) is 0. The Morgan fingerprint density at radius 3 is 2.31 bits per heavy atom. The molecule has 3 nitrogen and oxygen atoms in total. The minimum Gasteiger partial charge on any atom is -0.489 e. The molecule has 0 radical (unpaired) electrons. The highest BCUT2D eigenvalue weighted by Crippen LogP contribution is 2.28. The fourth-order valence-corrected chi connectivity index (χ4v) is 3.22. The second-order valence-electron chi connectivity index (χ2n) is 6.49. The Kier molecular flexibility index (Phi) is 5.84. The molecule has 3 aromatic carbocycles. The average Bonchev–Trinajstić information content (AvgIpc) is 3.09. The SMILES string of the molecule is O=C1OC(c2ccc(Cl)cc2)=C/C1=C\c1ccc(OCc2ccc(Br)cc2)cc1. The van der Waals surface area contributed by atoms with Gasteiger partial charge in [0.05, 0.1) is 5.57 Å². The molecule has 4 rings (SSSR count). The Balaban J connectivity index is 1.44. The van der Waals surface area contributed by atoms with E-state index in [-0.39, 0.29) is 5.97 Å². The smallest absolute Gasteiger partial charge is 0.343 e. The highest BCUT2D eigenvalue weighted by molar-refractivity contribution is 9.10. The van der Waals surface area contributed by atoms with Crippen molar-refractivity contribution in [1.82, 2.24) is 0 Å². The molecule has 0 saturated carbocycles. The van der Waals surface area contributed by atoms with Crippen molar-refractivity contribution in [3.05, 3.63) is 111 Å². The number of hydrogen-bond acceptors (Lipinski definition) is 3. The lowest BCUT2D eigenvalue weighted by atomic mass is 10.1. The molecule has 144 valence electrons. The topological polar surface area (TPSA) is 35.5 Å². The van der Waals surface area contributed by atoms with E-state index in [9.17, 15) is 4.79 Å². The van der Waals surface area contributed by atoms with Crippen molar-refractivity contribution in [2.45, 2.75) is 6.61 Å². The van der Waals surface area contributed by atoms with Crippen LogP contribution in [0, 0.1) is 0 Å². The van der Waals surface area contributed by atoms with Crippen molar-refractivity contribution in [1.29, 1.82) is 0 Å². The third-order valence-corrected chi connectivity index (χ3v) is 5.16. The Hall–Kier alpha value is -2.82. The van der Waals surface area contributed by atoms with E-state index in [0.717, 1.165) is 26.9 Å². The first-order valence-electron chi connectivity index (χ1n) is 8.96. The third-order valence-electron chi connectivity index (χ3n) is 4.37. The molecule has 0 unspecified atom stereocenters. The van der Waals surface area contributed by atoms with Gasteiger partial charge in [-0.25, -0.2) is 4.79 Å². The molecule has 3 aromatic rings. The van der Waals surface area contributed by atoms with E-state index in [0.29, 0.717) is 23.0 Å². The zero-order valence-electron chi connectivity index (χ0n) is 15.3. The van der Waals surface area contributed by atoms with E-state index in [2.05, 4.69) is 15.9 Å². The number of carbonyl (C=O) groups is 1. The number of carbonyl (C=O) groups excluding carboxylic acids is 1. The summed E-state index contributed by atoms with van der Waals surface area (Å²) in [6.45, 7) is 0.493. The molecule has 1 heterocycles. The molecule has 0 atom stereocenters. The zero-order valence-corrected chi connectivity index (χ0v) is 17.6. The summed E-state index contributed by atoms with van der Waals surface area (Å²) in [7, 11) is 0. The van der Waals surface area contributed by atoms with Crippen molar-refractivity contribution in [2.75, 3.05) is 0 Å². The van der Waals surface area contributed by atoms with Crippen LogP contribution >= 0.6 is 27.5 Å². The minimum absolute atomic E-state index is 0.370. The van der Waals surface area contributed by atoms with Crippen LogP contribution in [-0.4, -0.2) is 5.97 Å². The van der Waals surface area contributed by atoms with Crippen LogP contribution in [0.5, 0.6) is 5.75 Å². The van der Waals surface area contributed by atoms with Gasteiger partial charge in [-0.1, -0.05) is 51.8 Å². The van der Waals surface area contributed by atoms with E-state index in [1.165, 1.54) is 0 Å². The van der Waals surface area contributed by atoms with Crippen LogP contribution < -0.4 is 4.74 Å². The molecule has 0 amide bonds. The summed E-state index contributed by atoms with van der Waals surface area (Å²) in [6.07, 6.45) is 3.53. The summed E-state index contributed by atoms with van der Waals surface area (Å²) < 4.78 is 12.2. The molecule has 1 aliphatic heterocycles. The molecule has 0 N–H and O–H groups in total. The van der Waals surface area contributed by atoms with Crippen LogP contribution in [0.4, 0.5) is 0 Å². The standard InChI is InChI=1S/C24H16BrClO3/c25-20-7-1-17(2-8-20)15-28-22-11-3-16(4-12-22)13-19-14-23(29-24(19)27)18-5-9-21(26)10-6-18/h1-14H,15H2/b19-13+. The maximum absolute atomic E-state index is 12.2. The first-order chi connectivity index (χ1) is 14.1. The Bertz CT molecular complexity index is 1080. The predicted octanol–water partition coefficient (Wildman–Crippen LogP) is 6.66. The second kappa shape index (κ2) is 8.68. The summed E-state index contributed by atoms with van der Waals surface area (Å²) in [4.78, 5) is 12.2. The van der Waals surface area contributed by atoms with Crippen molar-refractivity contribution in [3.63, 3.8) is 0 Å². The van der Waals surface area contributed by atoms with Gasteiger partial charge in [-0.15, -0.1) is 0 Å². The fourth-order valence-electron chi connectivity index (χ4n) is 2.83. The number of halogens is 2. The summed E-state index contributed by atoms with van der Waals surface area (Å²) >= 11 is 9.33. The molecular weight excluding hydrogens is 452 g/mol. The van der Waals surface area contributed by atoms with E-state index < -0.39 is 0 Å². The van der Waals surface area contributed by atoms with Gasteiger partial charge in [0.15, 0.2) is 0 Å². The van der Waals surface area contributed by atoms with Gasteiger partial charge in [0.1, 0.15) is 18.1 Å². The van der Waals surface area contributed by atoms with Crippen LogP contribution in [0.25, 0.3) is 11.8 Å². The molecular formula is C24H16BrClO3.